The summed E-state index contributed by atoms with van der Waals surface area (Å²) in [6.45, 7) is 5.40. The zero-order chi connectivity index (χ0) is 24.9. The van der Waals surface area contributed by atoms with Crippen molar-refractivity contribution in [2.45, 2.75) is 97.5 Å². The highest BCUT2D eigenvalue weighted by Gasteiger charge is 2.72. The van der Waals surface area contributed by atoms with Crippen LogP contribution in [0.3, 0.4) is 0 Å². The first-order valence-corrected chi connectivity index (χ1v) is 13.4. The predicted molar refractivity (Wildman–Crippen MR) is 128 cm³/mol. The number of carboxylic acid groups (broad SMARTS) is 1. The van der Waals surface area contributed by atoms with Crippen LogP contribution >= 0.6 is 0 Å². The lowest BCUT2D eigenvalue weighted by molar-refractivity contribution is -0.182. The molecule has 0 aromatic carbocycles. The standard InChI is InChI=1S/C28H42O6/c1-4-5-9-20(30)24(25(33)34)28(22(32)16-29)14-12-19-18-11-10-17-8-6-7-13-26(17,2)23(18)21(31)15-27(19,28)3/h8,18-19,21,23-24,29,31H,4-7,9-16H2,1-3H3,(H,33,34). The molecule has 3 N–H and O–H groups in total. The van der Waals surface area contributed by atoms with E-state index < -0.39 is 47.0 Å². The molecule has 190 valence electrons. The molecule has 0 saturated heterocycles. The Kier molecular flexibility index (Phi) is 6.89. The van der Waals surface area contributed by atoms with Crippen molar-refractivity contribution in [3.8, 4) is 0 Å². The van der Waals surface area contributed by atoms with Gasteiger partial charge in [-0.2, -0.15) is 0 Å². The van der Waals surface area contributed by atoms with E-state index in [1.807, 2.05) is 13.8 Å². The topological polar surface area (TPSA) is 112 Å². The van der Waals surface area contributed by atoms with Gasteiger partial charge in [-0.1, -0.05) is 38.8 Å². The number of allylic oxidation sites excluding steroid dienone is 2. The molecule has 34 heavy (non-hydrogen) atoms. The number of fused-ring (bicyclic) bond motifs is 5. The lowest BCUT2D eigenvalue weighted by Gasteiger charge is -2.61. The maximum absolute atomic E-state index is 13.5. The second-order valence-electron chi connectivity index (χ2n) is 12.0. The average molecular weight is 475 g/mol. The quantitative estimate of drug-likeness (QED) is 0.357. The van der Waals surface area contributed by atoms with E-state index >= 15 is 0 Å². The summed E-state index contributed by atoms with van der Waals surface area (Å²) in [5.41, 5.74) is -0.919. The molecule has 6 nitrogen and oxygen atoms in total. The van der Waals surface area contributed by atoms with E-state index in [-0.39, 0.29) is 36.0 Å². The van der Waals surface area contributed by atoms with Crippen LogP contribution in [0.25, 0.3) is 0 Å². The lowest BCUT2D eigenvalue weighted by Crippen LogP contribution is -2.62. The van der Waals surface area contributed by atoms with Crippen molar-refractivity contribution in [3.05, 3.63) is 11.6 Å². The Labute approximate surface area is 203 Å². The van der Waals surface area contributed by atoms with E-state index in [2.05, 4.69) is 13.0 Å². The van der Waals surface area contributed by atoms with Crippen molar-refractivity contribution >= 4 is 17.5 Å². The summed E-state index contributed by atoms with van der Waals surface area (Å²) in [5, 5.41) is 32.0. The smallest absolute Gasteiger partial charge is 0.315 e. The number of carboxylic acids is 1. The van der Waals surface area contributed by atoms with Crippen molar-refractivity contribution in [1.29, 1.82) is 0 Å². The second kappa shape index (κ2) is 9.16. The molecule has 3 saturated carbocycles. The number of aliphatic hydroxyl groups is 2. The number of aliphatic carboxylic acids is 1. The van der Waals surface area contributed by atoms with E-state index in [0.29, 0.717) is 19.3 Å². The van der Waals surface area contributed by atoms with Gasteiger partial charge in [-0.3, -0.25) is 14.4 Å². The number of aliphatic hydroxyl groups excluding tert-OH is 2. The van der Waals surface area contributed by atoms with Gasteiger partial charge in [0, 0.05) is 6.42 Å². The summed E-state index contributed by atoms with van der Waals surface area (Å²) >= 11 is 0. The van der Waals surface area contributed by atoms with Crippen LogP contribution < -0.4 is 0 Å². The van der Waals surface area contributed by atoms with Crippen LogP contribution in [-0.2, 0) is 14.4 Å². The number of unbranched alkanes of at least 4 members (excludes halogenated alkanes) is 1. The molecule has 0 radical (unpaired) electrons. The molecule has 8 atom stereocenters. The SMILES string of the molecule is CCCCC(=O)C(C(=O)O)C1(C(=O)CO)CCC2C3CCC4=CCCCC4(C)C3C(O)CC21C. The number of carbonyl (C=O) groups excluding carboxylic acids is 2. The van der Waals surface area contributed by atoms with Gasteiger partial charge >= 0.3 is 5.97 Å². The Morgan fingerprint density at radius 3 is 2.56 bits per heavy atom. The average Bonchev–Trinajstić information content (AvgIpc) is 3.09. The fraction of sp³-hybridized carbons (Fsp3) is 0.821. The molecule has 4 aliphatic rings. The molecule has 0 bridgehead atoms. The highest BCUT2D eigenvalue weighted by Crippen LogP contribution is 2.71. The molecular weight excluding hydrogens is 432 g/mol. The highest BCUT2D eigenvalue weighted by atomic mass is 16.4. The first-order chi connectivity index (χ1) is 16.1. The number of carbonyl (C=O) groups is 3. The normalized spacial score (nSPS) is 42.1. The third-order valence-electron chi connectivity index (χ3n) is 10.7. The predicted octanol–water partition coefficient (Wildman–Crippen LogP) is 4.32. The van der Waals surface area contributed by atoms with Crippen LogP contribution in [0.2, 0.25) is 0 Å². The Bertz CT molecular complexity index is 878. The third kappa shape index (κ3) is 3.46. The molecule has 0 amide bonds. The fourth-order valence-corrected chi connectivity index (χ4v) is 9.30. The van der Waals surface area contributed by atoms with Gasteiger partial charge in [-0.05, 0) is 86.4 Å². The number of Topliss-reactive ketones (excluding diaryl/α,β-unsaturated/α-hetero) is 2. The number of hydrogen-bond acceptors (Lipinski definition) is 5. The van der Waals surface area contributed by atoms with E-state index in [0.717, 1.165) is 38.5 Å². The summed E-state index contributed by atoms with van der Waals surface area (Å²) in [5.74, 6) is -3.37. The minimum Gasteiger partial charge on any atom is -0.481 e. The lowest BCUT2D eigenvalue weighted by atomic mass is 9.42. The number of ketones is 2. The Balaban J connectivity index is 1.79. The Hall–Kier alpha value is -1.53. The third-order valence-corrected chi connectivity index (χ3v) is 10.7. The number of rotatable bonds is 8. The van der Waals surface area contributed by atoms with Crippen molar-refractivity contribution in [3.63, 3.8) is 0 Å². The van der Waals surface area contributed by atoms with Crippen LogP contribution in [0, 0.1) is 39.9 Å². The van der Waals surface area contributed by atoms with Crippen molar-refractivity contribution in [2.24, 2.45) is 39.9 Å². The van der Waals surface area contributed by atoms with Gasteiger partial charge in [-0.25, -0.2) is 0 Å². The number of hydrogen-bond donors (Lipinski definition) is 3. The Morgan fingerprint density at radius 1 is 1.18 bits per heavy atom. The molecule has 0 aromatic heterocycles. The zero-order valence-electron chi connectivity index (χ0n) is 21.0. The molecular formula is C28H42O6. The van der Waals surface area contributed by atoms with Crippen molar-refractivity contribution < 1.29 is 29.7 Å². The summed E-state index contributed by atoms with van der Waals surface area (Å²) in [7, 11) is 0. The largest absolute Gasteiger partial charge is 0.481 e. The zero-order valence-corrected chi connectivity index (χ0v) is 21.0. The van der Waals surface area contributed by atoms with E-state index in [9.17, 15) is 29.7 Å². The molecule has 0 aliphatic heterocycles. The Morgan fingerprint density at radius 2 is 1.91 bits per heavy atom. The molecule has 4 aliphatic carbocycles. The minimum atomic E-state index is -1.47. The van der Waals surface area contributed by atoms with Crippen LogP contribution in [0.15, 0.2) is 11.6 Å². The molecule has 6 heteroatoms. The second-order valence-corrected chi connectivity index (χ2v) is 12.0. The van der Waals surface area contributed by atoms with Gasteiger partial charge in [0.2, 0.25) is 0 Å². The highest BCUT2D eigenvalue weighted by molar-refractivity contribution is 6.05. The van der Waals surface area contributed by atoms with E-state index in [1.165, 1.54) is 5.57 Å². The first-order valence-electron chi connectivity index (χ1n) is 13.4. The molecule has 4 rings (SSSR count). The van der Waals surface area contributed by atoms with Crippen LogP contribution in [0.4, 0.5) is 0 Å². The van der Waals surface area contributed by atoms with Gasteiger partial charge in [0.15, 0.2) is 5.78 Å². The molecule has 0 spiro atoms. The maximum Gasteiger partial charge on any atom is 0.315 e. The van der Waals surface area contributed by atoms with Gasteiger partial charge in [0.05, 0.1) is 11.5 Å². The maximum atomic E-state index is 13.5. The summed E-state index contributed by atoms with van der Waals surface area (Å²) in [4.78, 5) is 39.4. The van der Waals surface area contributed by atoms with Crippen molar-refractivity contribution in [2.75, 3.05) is 6.61 Å². The van der Waals surface area contributed by atoms with Gasteiger partial charge in [-0.15, -0.1) is 0 Å². The van der Waals surface area contributed by atoms with Crippen LogP contribution in [-0.4, -0.2) is 45.6 Å². The van der Waals surface area contributed by atoms with E-state index in [1.54, 1.807) is 0 Å². The van der Waals surface area contributed by atoms with Crippen LogP contribution in [0.1, 0.15) is 91.4 Å². The first kappa shape index (κ1) is 25.6. The molecule has 3 fully saturated rings. The molecule has 0 heterocycles. The van der Waals surface area contributed by atoms with E-state index in [4.69, 9.17) is 0 Å². The van der Waals surface area contributed by atoms with Crippen molar-refractivity contribution in [1.82, 2.24) is 0 Å². The summed E-state index contributed by atoms with van der Waals surface area (Å²) < 4.78 is 0. The summed E-state index contributed by atoms with van der Waals surface area (Å²) in [6.07, 6.45) is 9.57. The van der Waals surface area contributed by atoms with Gasteiger partial charge in [0.25, 0.3) is 0 Å². The molecule has 0 aromatic rings. The molecule has 8 unspecified atom stereocenters. The van der Waals surface area contributed by atoms with Gasteiger partial charge in [0.1, 0.15) is 18.3 Å². The van der Waals surface area contributed by atoms with Crippen LogP contribution in [0.5, 0.6) is 0 Å². The summed E-state index contributed by atoms with van der Waals surface area (Å²) in [6, 6.07) is 0. The van der Waals surface area contributed by atoms with Gasteiger partial charge < -0.3 is 15.3 Å². The minimum absolute atomic E-state index is 0.0533. The monoisotopic (exact) mass is 474 g/mol. The fourth-order valence-electron chi connectivity index (χ4n) is 9.30.